The van der Waals surface area contributed by atoms with Gasteiger partial charge in [0.05, 0.1) is 0 Å². The fourth-order valence-electron chi connectivity index (χ4n) is 3.51. The maximum atomic E-state index is 13.1. The number of carbonyl (C=O) groups is 2. The van der Waals surface area contributed by atoms with Crippen molar-refractivity contribution in [1.29, 1.82) is 0 Å². The third kappa shape index (κ3) is 5.03. The number of nitrogens with one attached hydrogen (secondary N) is 2. The summed E-state index contributed by atoms with van der Waals surface area (Å²) in [4.78, 5) is 35.6. The van der Waals surface area contributed by atoms with Crippen LogP contribution in [-0.2, 0) is 6.54 Å². The van der Waals surface area contributed by atoms with Gasteiger partial charge in [-0.25, -0.2) is 14.4 Å². The third-order valence-corrected chi connectivity index (χ3v) is 5.10. The SMILES string of the molecule is O=C(NCc1ccc(F)cc1)c1nccnc1C(=O)N1CCC(Nc2ccccc2)C1. The first-order valence-corrected chi connectivity index (χ1v) is 10.0. The van der Waals surface area contributed by atoms with Gasteiger partial charge in [-0.05, 0) is 36.2 Å². The number of likely N-dealkylation sites (tertiary alicyclic amines) is 1. The zero-order valence-electron chi connectivity index (χ0n) is 16.8. The van der Waals surface area contributed by atoms with Crippen molar-refractivity contribution in [1.82, 2.24) is 20.2 Å². The first-order chi connectivity index (χ1) is 15.1. The highest BCUT2D eigenvalue weighted by atomic mass is 19.1. The normalized spacial score (nSPS) is 15.5. The van der Waals surface area contributed by atoms with Crippen LogP contribution in [0.1, 0.15) is 33.0 Å². The Morgan fingerprint density at radius 2 is 1.71 bits per heavy atom. The monoisotopic (exact) mass is 419 g/mol. The molecule has 2 amide bonds. The molecule has 0 spiro atoms. The van der Waals surface area contributed by atoms with Crippen LogP contribution in [-0.4, -0.2) is 45.8 Å². The molecule has 0 aliphatic carbocycles. The average molecular weight is 419 g/mol. The molecule has 7 nitrogen and oxygen atoms in total. The Morgan fingerprint density at radius 1 is 1.00 bits per heavy atom. The fraction of sp³-hybridized carbons (Fsp3) is 0.217. The second-order valence-electron chi connectivity index (χ2n) is 7.31. The van der Waals surface area contributed by atoms with Crippen molar-refractivity contribution >= 4 is 17.5 Å². The molecule has 3 aromatic rings. The Labute approximate surface area is 179 Å². The van der Waals surface area contributed by atoms with E-state index in [0.717, 1.165) is 17.7 Å². The molecule has 0 radical (unpaired) electrons. The lowest BCUT2D eigenvalue weighted by Gasteiger charge is -2.18. The van der Waals surface area contributed by atoms with E-state index in [4.69, 9.17) is 0 Å². The molecular formula is C23H22FN5O2. The average Bonchev–Trinajstić information content (AvgIpc) is 3.27. The van der Waals surface area contributed by atoms with Gasteiger partial charge in [-0.1, -0.05) is 30.3 Å². The van der Waals surface area contributed by atoms with Crippen LogP contribution in [0.4, 0.5) is 10.1 Å². The molecule has 31 heavy (non-hydrogen) atoms. The number of para-hydroxylation sites is 1. The van der Waals surface area contributed by atoms with Crippen molar-refractivity contribution < 1.29 is 14.0 Å². The van der Waals surface area contributed by atoms with Gasteiger partial charge >= 0.3 is 0 Å². The number of benzene rings is 2. The van der Waals surface area contributed by atoms with Crippen LogP contribution in [0, 0.1) is 5.82 Å². The Morgan fingerprint density at radius 3 is 2.45 bits per heavy atom. The number of hydrogen-bond acceptors (Lipinski definition) is 5. The van der Waals surface area contributed by atoms with Crippen molar-refractivity contribution in [3.63, 3.8) is 0 Å². The number of anilines is 1. The predicted molar refractivity (Wildman–Crippen MR) is 114 cm³/mol. The van der Waals surface area contributed by atoms with Gasteiger partial charge < -0.3 is 15.5 Å². The molecule has 0 saturated carbocycles. The van der Waals surface area contributed by atoms with Gasteiger partial charge in [0.15, 0.2) is 11.4 Å². The molecule has 8 heteroatoms. The maximum absolute atomic E-state index is 13.1. The van der Waals surface area contributed by atoms with Crippen LogP contribution in [0.15, 0.2) is 67.0 Å². The summed E-state index contributed by atoms with van der Waals surface area (Å²) in [6, 6.07) is 15.8. The number of halogens is 1. The van der Waals surface area contributed by atoms with Gasteiger partial charge in [-0.3, -0.25) is 9.59 Å². The lowest BCUT2D eigenvalue weighted by Crippen LogP contribution is -2.35. The van der Waals surface area contributed by atoms with E-state index in [2.05, 4.69) is 20.6 Å². The van der Waals surface area contributed by atoms with Crippen LogP contribution in [0.5, 0.6) is 0 Å². The Hall–Kier alpha value is -3.81. The fourth-order valence-corrected chi connectivity index (χ4v) is 3.51. The summed E-state index contributed by atoms with van der Waals surface area (Å²) < 4.78 is 13.0. The summed E-state index contributed by atoms with van der Waals surface area (Å²) >= 11 is 0. The summed E-state index contributed by atoms with van der Waals surface area (Å²) in [7, 11) is 0. The molecule has 2 aromatic carbocycles. The number of hydrogen-bond donors (Lipinski definition) is 2. The number of aromatic nitrogens is 2. The Bertz CT molecular complexity index is 1060. The predicted octanol–water partition coefficient (Wildman–Crippen LogP) is 2.87. The van der Waals surface area contributed by atoms with Crippen LogP contribution < -0.4 is 10.6 Å². The molecule has 1 unspecified atom stereocenters. The van der Waals surface area contributed by atoms with E-state index >= 15 is 0 Å². The molecule has 1 saturated heterocycles. The smallest absolute Gasteiger partial charge is 0.274 e. The highest BCUT2D eigenvalue weighted by molar-refractivity contribution is 6.04. The van der Waals surface area contributed by atoms with E-state index in [0.29, 0.717) is 13.1 Å². The third-order valence-electron chi connectivity index (χ3n) is 5.10. The largest absolute Gasteiger partial charge is 0.380 e. The van der Waals surface area contributed by atoms with Crippen molar-refractivity contribution in [3.05, 3.63) is 89.8 Å². The highest BCUT2D eigenvalue weighted by Gasteiger charge is 2.30. The Balaban J connectivity index is 1.41. The minimum atomic E-state index is -0.501. The lowest BCUT2D eigenvalue weighted by atomic mass is 10.2. The summed E-state index contributed by atoms with van der Waals surface area (Å²) in [6.45, 7) is 1.27. The van der Waals surface area contributed by atoms with Crippen molar-refractivity contribution in [2.45, 2.75) is 19.0 Å². The van der Waals surface area contributed by atoms with Crippen LogP contribution in [0.3, 0.4) is 0 Å². The summed E-state index contributed by atoms with van der Waals surface area (Å²) in [5.74, 6) is -1.17. The summed E-state index contributed by atoms with van der Waals surface area (Å²) in [5.41, 5.74) is 1.75. The zero-order chi connectivity index (χ0) is 21.6. The standard InChI is InChI=1S/C23H22FN5O2/c24-17-8-6-16(7-9-17)14-27-22(30)20-21(26-12-11-25-20)23(31)29-13-10-19(15-29)28-18-4-2-1-3-5-18/h1-9,11-12,19,28H,10,13-15H2,(H,27,30). The molecule has 2 N–H and O–H groups in total. The van der Waals surface area contributed by atoms with Crippen LogP contribution >= 0.6 is 0 Å². The second kappa shape index (κ2) is 9.34. The first-order valence-electron chi connectivity index (χ1n) is 10.0. The molecule has 1 aliphatic heterocycles. The van der Waals surface area contributed by atoms with E-state index in [1.807, 2.05) is 30.3 Å². The van der Waals surface area contributed by atoms with E-state index in [1.165, 1.54) is 24.5 Å². The number of carbonyl (C=O) groups excluding carboxylic acids is 2. The van der Waals surface area contributed by atoms with E-state index < -0.39 is 5.91 Å². The van der Waals surface area contributed by atoms with Crippen LogP contribution in [0.2, 0.25) is 0 Å². The number of amides is 2. The van der Waals surface area contributed by atoms with Gasteiger partial charge in [-0.15, -0.1) is 0 Å². The molecule has 1 aromatic heterocycles. The van der Waals surface area contributed by atoms with Gasteiger partial charge in [0.1, 0.15) is 5.82 Å². The lowest BCUT2D eigenvalue weighted by molar-refractivity contribution is 0.0776. The van der Waals surface area contributed by atoms with Crippen LogP contribution in [0.25, 0.3) is 0 Å². The first kappa shape index (κ1) is 20.5. The van der Waals surface area contributed by atoms with Crippen molar-refractivity contribution in [2.24, 2.45) is 0 Å². The van der Waals surface area contributed by atoms with Gasteiger partial charge in [0.25, 0.3) is 11.8 Å². The molecule has 4 rings (SSSR count). The van der Waals surface area contributed by atoms with Crippen molar-refractivity contribution in [3.8, 4) is 0 Å². The minimum Gasteiger partial charge on any atom is -0.380 e. The molecular weight excluding hydrogens is 397 g/mol. The van der Waals surface area contributed by atoms with Crippen molar-refractivity contribution in [2.75, 3.05) is 18.4 Å². The van der Waals surface area contributed by atoms with Gasteiger partial charge in [0.2, 0.25) is 0 Å². The van der Waals surface area contributed by atoms with E-state index in [9.17, 15) is 14.0 Å². The molecule has 1 atom stereocenters. The van der Waals surface area contributed by atoms with Gasteiger partial charge in [-0.2, -0.15) is 0 Å². The quantitative estimate of drug-likeness (QED) is 0.642. The molecule has 1 aliphatic rings. The summed E-state index contributed by atoms with van der Waals surface area (Å²) in [5, 5.41) is 6.14. The Kier molecular flexibility index (Phi) is 6.16. The van der Waals surface area contributed by atoms with E-state index in [-0.39, 0.29) is 35.7 Å². The number of nitrogens with zero attached hydrogens (tertiary/aromatic N) is 3. The second-order valence-corrected chi connectivity index (χ2v) is 7.31. The topological polar surface area (TPSA) is 87.2 Å². The molecule has 2 heterocycles. The highest BCUT2D eigenvalue weighted by Crippen LogP contribution is 2.18. The summed E-state index contributed by atoms with van der Waals surface area (Å²) in [6.07, 6.45) is 3.58. The zero-order valence-corrected chi connectivity index (χ0v) is 16.8. The molecule has 1 fully saturated rings. The minimum absolute atomic E-state index is 0.0194. The molecule has 0 bridgehead atoms. The van der Waals surface area contributed by atoms with Gasteiger partial charge in [0, 0.05) is 43.8 Å². The number of rotatable bonds is 6. The van der Waals surface area contributed by atoms with E-state index in [1.54, 1.807) is 17.0 Å². The maximum Gasteiger partial charge on any atom is 0.274 e. The molecule has 158 valence electrons.